The molecule has 2 aliphatic rings. The molecule has 0 saturated carbocycles. The average Bonchev–Trinajstić information content (AvgIpc) is 2.93. The summed E-state index contributed by atoms with van der Waals surface area (Å²) in [6.45, 7) is 8.84. The van der Waals surface area contributed by atoms with Gasteiger partial charge in [0.2, 0.25) is 0 Å². The third kappa shape index (κ3) is 4.75. The molecule has 1 amide bonds. The van der Waals surface area contributed by atoms with Crippen LogP contribution in [0.1, 0.15) is 28.2 Å². The normalized spacial score (nSPS) is 26.6. The lowest BCUT2D eigenvalue weighted by Gasteiger charge is -2.39. The Labute approximate surface area is 153 Å². The first-order valence-electron chi connectivity index (χ1n) is 9.16. The molecule has 0 aliphatic carbocycles. The van der Waals surface area contributed by atoms with Gasteiger partial charge < -0.3 is 19.8 Å². The van der Waals surface area contributed by atoms with Crippen molar-refractivity contribution in [3.8, 4) is 0 Å². The van der Waals surface area contributed by atoms with Gasteiger partial charge in [0.05, 0.1) is 5.69 Å². The van der Waals surface area contributed by atoms with Gasteiger partial charge in [-0.25, -0.2) is 0 Å². The van der Waals surface area contributed by atoms with Crippen molar-refractivity contribution in [1.82, 2.24) is 24.3 Å². The summed E-state index contributed by atoms with van der Waals surface area (Å²) in [5, 5.41) is 13.7. The van der Waals surface area contributed by atoms with Crippen LogP contribution in [0.5, 0.6) is 0 Å². The van der Waals surface area contributed by atoms with Gasteiger partial charge in [0.15, 0.2) is 0 Å². The van der Waals surface area contributed by atoms with Crippen molar-refractivity contribution >= 4 is 17.4 Å². The van der Waals surface area contributed by atoms with Crippen LogP contribution in [-0.2, 0) is 0 Å². The van der Waals surface area contributed by atoms with Gasteiger partial charge in [-0.15, -0.1) is 5.10 Å². The first kappa shape index (κ1) is 18.7. The van der Waals surface area contributed by atoms with Gasteiger partial charge in [-0.05, 0) is 63.3 Å². The van der Waals surface area contributed by atoms with Crippen LogP contribution in [-0.4, -0.2) is 94.8 Å². The fourth-order valence-corrected chi connectivity index (χ4v) is 4.59. The van der Waals surface area contributed by atoms with Crippen LogP contribution in [0.4, 0.5) is 0 Å². The molecule has 2 fully saturated rings. The van der Waals surface area contributed by atoms with Crippen LogP contribution in [0.3, 0.4) is 0 Å². The quantitative estimate of drug-likeness (QED) is 0.838. The van der Waals surface area contributed by atoms with Crippen molar-refractivity contribution < 1.29 is 9.90 Å². The Kier molecular flexibility index (Phi) is 6.38. The highest BCUT2D eigenvalue weighted by atomic mass is 32.1. The molecule has 0 unspecified atom stereocenters. The summed E-state index contributed by atoms with van der Waals surface area (Å²) >= 11 is 1.17. The number of carbonyl (C=O) groups is 1. The number of rotatable bonds is 4. The zero-order valence-corrected chi connectivity index (χ0v) is 16.0. The number of likely N-dealkylation sites (tertiary alicyclic amines) is 1. The molecule has 0 radical (unpaired) electrons. The van der Waals surface area contributed by atoms with E-state index in [4.69, 9.17) is 0 Å². The highest BCUT2D eigenvalue weighted by molar-refractivity contribution is 7.07. The van der Waals surface area contributed by atoms with E-state index in [0.717, 1.165) is 45.7 Å². The topological polar surface area (TPSA) is 72.8 Å². The van der Waals surface area contributed by atoms with Crippen molar-refractivity contribution in [2.24, 2.45) is 11.8 Å². The van der Waals surface area contributed by atoms with Crippen LogP contribution in [0.15, 0.2) is 0 Å². The molecule has 0 aromatic carbocycles. The number of aromatic nitrogens is 2. The molecular formula is C17H29N5O2S. The summed E-state index contributed by atoms with van der Waals surface area (Å²) in [4.78, 5) is 20.3. The summed E-state index contributed by atoms with van der Waals surface area (Å²) in [5.74, 6) is 0.601. The zero-order chi connectivity index (χ0) is 17.8. The Hall–Kier alpha value is -1.09. The van der Waals surface area contributed by atoms with Crippen LogP contribution in [0, 0.1) is 18.8 Å². The monoisotopic (exact) mass is 367 g/mol. The standard InChI is InChI=1S/C17H29N5O2S/c1-13-16(25-19-18-13)17(24)22-10-14(8-15(11-22)12-23)9-21-5-3-4-20(2)6-7-21/h14-15,23H,3-12H2,1-2H3/t14-,15+/m1/s1. The number of piperidine rings is 1. The summed E-state index contributed by atoms with van der Waals surface area (Å²) in [5.41, 5.74) is 0.702. The second kappa shape index (κ2) is 8.53. The van der Waals surface area contributed by atoms with E-state index in [-0.39, 0.29) is 18.4 Å². The number of nitrogens with zero attached hydrogens (tertiary/aromatic N) is 5. The van der Waals surface area contributed by atoms with Crippen molar-refractivity contribution in [1.29, 1.82) is 0 Å². The Morgan fingerprint density at radius 1 is 1.24 bits per heavy atom. The van der Waals surface area contributed by atoms with Crippen LogP contribution in [0.25, 0.3) is 0 Å². The maximum absolute atomic E-state index is 12.8. The van der Waals surface area contributed by atoms with Gasteiger partial charge in [0.1, 0.15) is 4.88 Å². The number of likely N-dealkylation sites (N-methyl/N-ethyl adjacent to an activating group) is 1. The fourth-order valence-electron chi connectivity index (χ4n) is 3.97. The second-order valence-electron chi connectivity index (χ2n) is 7.51. The fraction of sp³-hybridized carbons (Fsp3) is 0.824. The number of aliphatic hydroxyl groups excluding tert-OH is 1. The maximum Gasteiger partial charge on any atom is 0.267 e. The molecule has 8 heteroatoms. The predicted molar refractivity (Wildman–Crippen MR) is 97.8 cm³/mol. The van der Waals surface area contributed by atoms with E-state index in [1.54, 1.807) is 0 Å². The van der Waals surface area contributed by atoms with E-state index in [2.05, 4.69) is 26.4 Å². The number of aryl methyl sites for hydroxylation is 1. The lowest BCUT2D eigenvalue weighted by molar-refractivity contribution is 0.0457. The third-order valence-electron chi connectivity index (χ3n) is 5.34. The summed E-state index contributed by atoms with van der Waals surface area (Å²) < 4.78 is 3.89. The summed E-state index contributed by atoms with van der Waals surface area (Å²) in [6, 6.07) is 0. The Morgan fingerprint density at radius 2 is 2.04 bits per heavy atom. The predicted octanol–water partition coefficient (Wildman–Crippen LogP) is 0.555. The van der Waals surface area contributed by atoms with E-state index in [0.29, 0.717) is 23.0 Å². The number of carbonyl (C=O) groups excluding carboxylic acids is 1. The van der Waals surface area contributed by atoms with Gasteiger partial charge in [-0.1, -0.05) is 4.49 Å². The molecule has 140 valence electrons. The van der Waals surface area contributed by atoms with Gasteiger partial charge in [0, 0.05) is 39.3 Å². The first-order valence-corrected chi connectivity index (χ1v) is 9.94. The minimum Gasteiger partial charge on any atom is -0.396 e. The van der Waals surface area contributed by atoms with E-state index < -0.39 is 0 Å². The molecule has 2 saturated heterocycles. The minimum absolute atomic E-state index is 0.0197. The van der Waals surface area contributed by atoms with Crippen LogP contribution < -0.4 is 0 Å². The van der Waals surface area contributed by atoms with Gasteiger partial charge >= 0.3 is 0 Å². The Morgan fingerprint density at radius 3 is 2.76 bits per heavy atom. The van der Waals surface area contributed by atoms with Crippen molar-refractivity contribution in [2.45, 2.75) is 19.8 Å². The lowest BCUT2D eigenvalue weighted by atomic mass is 9.89. The zero-order valence-electron chi connectivity index (χ0n) is 15.2. The Balaban J connectivity index is 1.64. The lowest BCUT2D eigenvalue weighted by Crippen LogP contribution is -2.48. The second-order valence-corrected chi connectivity index (χ2v) is 8.26. The summed E-state index contributed by atoms with van der Waals surface area (Å²) in [6.07, 6.45) is 2.19. The minimum atomic E-state index is 0.0197. The molecule has 25 heavy (non-hydrogen) atoms. The van der Waals surface area contributed by atoms with Crippen LogP contribution in [0.2, 0.25) is 0 Å². The molecule has 7 nitrogen and oxygen atoms in total. The van der Waals surface area contributed by atoms with Crippen molar-refractivity contribution in [3.05, 3.63) is 10.6 Å². The molecule has 2 aliphatic heterocycles. The third-order valence-corrected chi connectivity index (χ3v) is 6.16. The largest absolute Gasteiger partial charge is 0.396 e. The molecule has 1 aromatic rings. The highest BCUT2D eigenvalue weighted by Crippen LogP contribution is 2.25. The Bertz CT molecular complexity index is 581. The molecule has 3 heterocycles. The SMILES string of the molecule is Cc1nnsc1C(=O)N1C[C@@H](CN2CCCN(C)CC2)C[C@H](CO)C1. The highest BCUT2D eigenvalue weighted by Gasteiger charge is 2.32. The molecule has 2 atom stereocenters. The average molecular weight is 368 g/mol. The maximum atomic E-state index is 12.8. The van der Waals surface area contributed by atoms with Gasteiger partial charge in [0.25, 0.3) is 5.91 Å². The first-order chi connectivity index (χ1) is 12.1. The number of aliphatic hydroxyl groups is 1. The number of hydrogen-bond acceptors (Lipinski definition) is 7. The van der Waals surface area contributed by atoms with Gasteiger partial charge in [-0.2, -0.15) is 0 Å². The smallest absolute Gasteiger partial charge is 0.267 e. The molecule has 1 N–H and O–H groups in total. The molecule has 3 rings (SSSR count). The molecule has 0 bridgehead atoms. The van der Waals surface area contributed by atoms with E-state index in [9.17, 15) is 9.90 Å². The van der Waals surface area contributed by atoms with Crippen molar-refractivity contribution in [2.75, 3.05) is 59.5 Å². The van der Waals surface area contributed by atoms with Crippen molar-refractivity contribution in [3.63, 3.8) is 0 Å². The van der Waals surface area contributed by atoms with Crippen LogP contribution >= 0.6 is 11.5 Å². The van der Waals surface area contributed by atoms with E-state index in [1.165, 1.54) is 18.0 Å². The summed E-state index contributed by atoms with van der Waals surface area (Å²) in [7, 11) is 2.18. The molecular weight excluding hydrogens is 338 g/mol. The van der Waals surface area contributed by atoms with E-state index in [1.807, 2.05) is 11.8 Å². The number of amides is 1. The van der Waals surface area contributed by atoms with Gasteiger partial charge in [-0.3, -0.25) is 4.79 Å². The number of hydrogen-bond donors (Lipinski definition) is 1. The molecule has 1 aromatic heterocycles. The van der Waals surface area contributed by atoms with E-state index >= 15 is 0 Å². The molecule has 0 spiro atoms.